The summed E-state index contributed by atoms with van der Waals surface area (Å²) in [5.74, 6) is -1.15. The van der Waals surface area contributed by atoms with E-state index in [-0.39, 0.29) is 59.6 Å². The van der Waals surface area contributed by atoms with Gasteiger partial charge in [-0.2, -0.15) is 0 Å². The first-order valence-corrected chi connectivity index (χ1v) is 18.3. The molecule has 1 aliphatic heterocycles. The van der Waals surface area contributed by atoms with Crippen molar-refractivity contribution in [3.63, 3.8) is 0 Å². The first-order valence-electron chi connectivity index (χ1n) is 18.3. The number of benzene rings is 1. The SMILES string of the molecule is CC[C@H](C)[C@@H]([C@@H](CC(=O)N1CCC[C@H]1[C@H](OC)[C@@H](C)C(=O)NCCc1ccc(O)cc1)OC)N(C)C(=O)[C@@H](NC(=O)[C@@H](NC)C(C)C)C(C)C. The number of carbonyl (C=O) groups excluding carboxylic acids is 4. The van der Waals surface area contributed by atoms with E-state index >= 15 is 0 Å². The highest BCUT2D eigenvalue weighted by Crippen LogP contribution is 2.29. The van der Waals surface area contributed by atoms with Crippen LogP contribution in [0.1, 0.15) is 79.7 Å². The van der Waals surface area contributed by atoms with Gasteiger partial charge < -0.3 is 40.3 Å². The lowest BCUT2D eigenvalue weighted by molar-refractivity contribution is -0.147. The number of rotatable bonds is 20. The van der Waals surface area contributed by atoms with Crippen LogP contribution in [0.15, 0.2) is 24.3 Å². The van der Waals surface area contributed by atoms with Crippen LogP contribution in [0.4, 0.5) is 0 Å². The second-order valence-corrected chi connectivity index (χ2v) is 14.5. The molecule has 0 aliphatic carbocycles. The van der Waals surface area contributed by atoms with Crippen molar-refractivity contribution in [1.82, 2.24) is 25.8 Å². The first-order chi connectivity index (χ1) is 23.6. The molecule has 0 saturated carbocycles. The third-order valence-electron chi connectivity index (χ3n) is 10.4. The Hall–Kier alpha value is -3.22. The number of aromatic hydroxyl groups is 1. The fourth-order valence-electron chi connectivity index (χ4n) is 7.20. The summed E-state index contributed by atoms with van der Waals surface area (Å²) >= 11 is 0. The van der Waals surface area contributed by atoms with E-state index in [9.17, 15) is 24.3 Å². The lowest BCUT2D eigenvalue weighted by atomic mass is 9.89. The molecule has 1 saturated heterocycles. The summed E-state index contributed by atoms with van der Waals surface area (Å²) in [6, 6.07) is 4.99. The maximum atomic E-state index is 14.1. The van der Waals surface area contributed by atoms with Crippen molar-refractivity contribution in [2.75, 3.05) is 41.4 Å². The minimum absolute atomic E-state index is 0.00247. The number of amides is 4. The second-order valence-electron chi connectivity index (χ2n) is 14.5. The molecule has 284 valence electrons. The summed E-state index contributed by atoms with van der Waals surface area (Å²) in [6.07, 6.45) is 1.82. The largest absolute Gasteiger partial charge is 0.508 e. The average Bonchev–Trinajstić information content (AvgIpc) is 3.57. The molecule has 1 aliphatic rings. The van der Waals surface area contributed by atoms with Crippen molar-refractivity contribution in [3.8, 4) is 5.75 Å². The van der Waals surface area contributed by atoms with Crippen molar-refractivity contribution < 1.29 is 33.8 Å². The number of likely N-dealkylation sites (N-methyl/N-ethyl adjacent to an activating group) is 2. The molecule has 0 bridgehead atoms. The van der Waals surface area contributed by atoms with E-state index in [1.807, 2.05) is 65.5 Å². The Labute approximate surface area is 300 Å². The standard InChI is InChI=1S/C38H65N5O7/c1-12-25(6)34(42(9)38(48)33(24(4)5)41-37(47)32(39-8)23(2)3)30(49-10)22-31(45)43-21-13-14-29(43)35(50-11)26(7)36(46)40-20-19-27-15-17-28(44)18-16-27/h15-18,23-26,29-30,32-35,39,44H,12-14,19-22H2,1-11H3,(H,40,46)(H,41,47)/t25-,26+,29-,30+,32-,33-,34-,35+/m0/s1. The number of methoxy groups -OCH3 is 2. The third kappa shape index (κ3) is 11.4. The maximum Gasteiger partial charge on any atom is 0.245 e. The lowest BCUT2D eigenvalue weighted by Crippen LogP contribution is -2.59. The quantitative estimate of drug-likeness (QED) is 0.162. The Morgan fingerprint density at radius 3 is 2.10 bits per heavy atom. The minimum Gasteiger partial charge on any atom is -0.508 e. The van der Waals surface area contributed by atoms with Gasteiger partial charge in [-0.15, -0.1) is 0 Å². The van der Waals surface area contributed by atoms with Crippen LogP contribution in [0.5, 0.6) is 5.75 Å². The van der Waals surface area contributed by atoms with Gasteiger partial charge in [0.05, 0.1) is 42.7 Å². The van der Waals surface area contributed by atoms with E-state index in [0.29, 0.717) is 25.9 Å². The fourth-order valence-corrected chi connectivity index (χ4v) is 7.20. The predicted molar refractivity (Wildman–Crippen MR) is 195 cm³/mol. The molecule has 2 rings (SSSR count). The molecule has 8 atom stereocenters. The van der Waals surface area contributed by atoms with Gasteiger partial charge in [0.15, 0.2) is 0 Å². The van der Waals surface area contributed by atoms with Crippen molar-refractivity contribution in [3.05, 3.63) is 29.8 Å². The van der Waals surface area contributed by atoms with Crippen molar-refractivity contribution >= 4 is 23.6 Å². The lowest BCUT2D eigenvalue weighted by Gasteiger charge is -2.41. The van der Waals surface area contributed by atoms with Crippen LogP contribution in [0.25, 0.3) is 0 Å². The number of carbonyl (C=O) groups is 4. The normalized spacial score (nSPS) is 19.0. The zero-order valence-corrected chi connectivity index (χ0v) is 32.3. The summed E-state index contributed by atoms with van der Waals surface area (Å²) in [5.41, 5.74) is 1.00. The molecule has 0 unspecified atom stereocenters. The molecule has 0 spiro atoms. The predicted octanol–water partition coefficient (Wildman–Crippen LogP) is 3.36. The molecule has 1 heterocycles. The van der Waals surface area contributed by atoms with Crippen LogP contribution in [-0.4, -0.2) is 116 Å². The van der Waals surface area contributed by atoms with Gasteiger partial charge in [-0.05, 0) is 61.8 Å². The monoisotopic (exact) mass is 703 g/mol. The zero-order valence-electron chi connectivity index (χ0n) is 32.3. The van der Waals surface area contributed by atoms with Gasteiger partial charge in [0.2, 0.25) is 23.6 Å². The van der Waals surface area contributed by atoms with Gasteiger partial charge in [0.25, 0.3) is 0 Å². The van der Waals surface area contributed by atoms with E-state index in [4.69, 9.17) is 9.47 Å². The molecule has 0 aromatic heterocycles. The number of phenolic OH excluding ortho intramolecular Hbond substituents is 1. The van der Waals surface area contributed by atoms with Gasteiger partial charge in [-0.1, -0.05) is 67.0 Å². The molecule has 1 fully saturated rings. The van der Waals surface area contributed by atoms with Crippen molar-refractivity contribution in [1.29, 1.82) is 0 Å². The Balaban J connectivity index is 2.19. The van der Waals surface area contributed by atoms with Gasteiger partial charge in [0, 0.05) is 34.4 Å². The summed E-state index contributed by atoms with van der Waals surface area (Å²) in [5, 5.41) is 18.6. The van der Waals surface area contributed by atoms with Crippen LogP contribution in [0.2, 0.25) is 0 Å². The molecule has 0 radical (unpaired) electrons. The van der Waals surface area contributed by atoms with Gasteiger partial charge >= 0.3 is 0 Å². The molecule has 12 heteroatoms. The average molecular weight is 704 g/mol. The van der Waals surface area contributed by atoms with E-state index in [1.165, 1.54) is 0 Å². The van der Waals surface area contributed by atoms with Crippen LogP contribution >= 0.6 is 0 Å². The summed E-state index contributed by atoms with van der Waals surface area (Å²) < 4.78 is 11.9. The van der Waals surface area contributed by atoms with Crippen molar-refractivity contribution in [2.45, 2.75) is 117 Å². The fraction of sp³-hybridized carbons (Fsp3) is 0.737. The Morgan fingerprint density at radius 1 is 0.960 bits per heavy atom. The molecule has 50 heavy (non-hydrogen) atoms. The first kappa shape index (κ1) is 42.9. The highest BCUT2D eigenvalue weighted by atomic mass is 16.5. The second kappa shape index (κ2) is 20.6. The molecule has 4 N–H and O–H groups in total. The number of phenols is 1. The number of nitrogens with zero attached hydrogens (tertiary/aromatic N) is 2. The Kier molecular flexibility index (Phi) is 17.7. The molecular weight excluding hydrogens is 638 g/mol. The van der Waals surface area contributed by atoms with E-state index < -0.39 is 36.3 Å². The highest BCUT2D eigenvalue weighted by Gasteiger charge is 2.43. The van der Waals surface area contributed by atoms with Crippen LogP contribution < -0.4 is 16.0 Å². The van der Waals surface area contributed by atoms with Gasteiger partial charge in [-0.3, -0.25) is 19.2 Å². The molecule has 1 aromatic carbocycles. The van der Waals surface area contributed by atoms with Gasteiger partial charge in [0.1, 0.15) is 11.8 Å². The number of ether oxygens (including phenoxy) is 2. The van der Waals surface area contributed by atoms with Crippen molar-refractivity contribution in [2.24, 2.45) is 23.7 Å². The van der Waals surface area contributed by atoms with Gasteiger partial charge in [-0.25, -0.2) is 0 Å². The molecule has 1 aromatic rings. The highest BCUT2D eigenvalue weighted by molar-refractivity contribution is 5.90. The van der Waals surface area contributed by atoms with E-state index in [0.717, 1.165) is 18.4 Å². The van der Waals surface area contributed by atoms with Crippen LogP contribution in [0.3, 0.4) is 0 Å². The molecular formula is C38H65N5O7. The number of nitrogens with one attached hydrogen (secondary N) is 3. The zero-order chi connectivity index (χ0) is 37.7. The topological polar surface area (TPSA) is 150 Å². The number of likely N-dealkylation sites (tertiary alicyclic amines) is 1. The van der Waals surface area contributed by atoms with Crippen LogP contribution in [0, 0.1) is 23.7 Å². The summed E-state index contributed by atoms with van der Waals surface area (Å²) in [7, 11) is 6.61. The summed E-state index contributed by atoms with van der Waals surface area (Å²) in [6.45, 7) is 14.6. The minimum atomic E-state index is -0.749. The third-order valence-corrected chi connectivity index (χ3v) is 10.4. The smallest absolute Gasteiger partial charge is 0.245 e. The Bertz CT molecular complexity index is 1230. The van der Waals surface area contributed by atoms with E-state index in [2.05, 4.69) is 16.0 Å². The maximum absolute atomic E-state index is 14.1. The van der Waals surface area contributed by atoms with E-state index in [1.54, 1.807) is 45.3 Å². The Morgan fingerprint density at radius 2 is 1.58 bits per heavy atom. The number of hydrogen-bond acceptors (Lipinski definition) is 8. The van der Waals surface area contributed by atoms with Crippen LogP contribution in [-0.2, 0) is 35.1 Å². The number of hydrogen-bond donors (Lipinski definition) is 4. The summed E-state index contributed by atoms with van der Waals surface area (Å²) in [4.78, 5) is 58.0. The molecule has 4 amide bonds. The molecule has 12 nitrogen and oxygen atoms in total.